The fourth-order valence-corrected chi connectivity index (χ4v) is 0.940. The molecule has 0 atom stereocenters. The van der Waals surface area contributed by atoms with Gasteiger partial charge in [0.1, 0.15) is 0 Å². The largest absolute Gasteiger partial charge is 2.00 e. The van der Waals surface area contributed by atoms with Crippen LogP contribution >= 0.6 is 7.82 Å². The zero-order valence-corrected chi connectivity index (χ0v) is 14.6. The second-order valence-corrected chi connectivity index (χ2v) is 4.69. The van der Waals surface area contributed by atoms with E-state index in [4.69, 9.17) is 19.2 Å². The van der Waals surface area contributed by atoms with Crippen LogP contribution in [0.15, 0.2) is 48.5 Å². The molecule has 0 amide bonds. The van der Waals surface area contributed by atoms with Crippen LogP contribution in [-0.2, 0) is 4.57 Å². The molecule has 4 nitrogen and oxygen atoms in total. The van der Waals surface area contributed by atoms with Crippen molar-refractivity contribution in [2.75, 3.05) is 0 Å². The Labute approximate surface area is 149 Å². The van der Waals surface area contributed by atoms with Gasteiger partial charge in [0.25, 0.3) is 0 Å². The van der Waals surface area contributed by atoms with Crippen LogP contribution in [-0.4, -0.2) is 52.4 Å². The molecule has 2 aromatic rings. The van der Waals surface area contributed by atoms with Crippen molar-refractivity contribution in [3.05, 3.63) is 71.8 Å². The van der Waals surface area contributed by atoms with E-state index in [1.54, 1.807) is 0 Å². The van der Waals surface area contributed by atoms with Gasteiger partial charge in [0.15, 0.2) is 0 Å². The molecule has 0 aliphatic heterocycles. The van der Waals surface area contributed by atoms with Crippen molar-refractivity contribution in [1.82, 2.24) is 0 Å². The first-order valence-corrected chi connectivity index (χ1v) is 6.99. The van der Waals surface area contributed by atoms with E-state index >= 15 is 0 Å². The standard InChI is InChI=1S/2C7H7.Ca.H3O4P/c2*1-7-5-3-2-4-6-7;;1-5(2,3)4/h2*3-6H,1H3;;(H3,1,2,3,4)/q2*-1;+2;. The average molecular weight is 320 g/mol. The summed E-state index contributed by atoms with van der Waals surface area (Å²) < 4.78 is 8.88. The van der Waals surface area contributed by atoms with E-state index in [0.29, 0.717) is 0 Å². The summed E-state index contributed by atoms with van der Waals surface area (Å²) >= 11 is 0. The quantitative estimate of drug-likeness (QED) is 0.395. The van der Waals surface area contributed by atoms with Gasteiger partial charge < -0.3 is 14.7 Å². The molecule has 0 aliphatic carbocycles. The summed E-state index contributed by atoms with van der Waals surface area (Å²) in [5.41, 5.74) is 2.58. The molecule has 20 heavy (non-hydrogen) atoms. The normalized spacial score (nSPS) is 9.05. The van der Waals surface area contributed by atoms with E-state index in [2.05, 4.69) is 26.0 Å². The van der Waals surface area contributed by atoms with Gasteiger partial charge in [0.2, 0.25) is 0 Å². The maximum Gasteiger partial charge on any atom is 2.00 e. The first-order chi connectivity index (χ1) is 8.79. The molecule has 0 heterocycles. The van der Waals surface area contributed by atoms with Crippen molar-refractivity contribution in [2.45, 2.75) is 13.8 Å². The summed E-state index contributed by atoms with van der Waals surface area (Å²) in [6.07, 6.45) is 0. The summed E-state index contributed by atoms with van der Waals surface area (Å²) in [4.78, 5) is 21.6. The summed E-state index contributed by atoms with van der Waals surface area (Å²) in [7, 11) is -4.64. The first-order valence-electron chi connectivity index (χ1n) is 5.43. The SMILES string of the molecule is Cc1cc[c-]cc1.Cc1cc[c-]cc1.O=P(O)(O)O.[Ca+2]. The fourth-order valence-electron chi connectivity index (χ4n) is 0.940. The second kappa shape index (κ2) is 12.5. The van der Waals surface area contributed by atoms with Crippen molar-refractivity contribution in [3.8, 4) is 0 Å². The Bertz CT molecular complexity index is 439. The predicted octanol–water partition coefficient (Wildman–Crippen LogP) is 2.28. The summed E-state index contributed by atoms with van der Waals surface area (Å²) in [5, 5.41) is 0. The van der Waals surface area contributed by atoms with Crippen LogP contribution in [0.25, 0.3) is 0 Å². The molecule has 3 N–H and O–H groups in total. The van der Waals surface area contributed by atoms with Gasteiger partial charge in [-0.05, 0) is 0 Å². The Kier molecular flexibility index (Phi) is 13.9. The minimum atomic E-state index is -4.64. The first kappa shape index (κ1) is 22.1. The Morgan fingerprint density at radius 2 is 1.00 bits per heavy atom. The van der Waals surface area contributed by atoms with Crippen molar-refractivity contribution in [3.63, 3.8) is 0 Å². The zero-order chi connectivity index (χ0) is 14.7. The van der Waals surface area contributed by atoms with Crippen LogP contribution in [0.1, 0.15) is 11.1 Å². The molecule has 0 aromatic heterocycles. The van der Waals surface area contributed by atoms with E-state index in [0.717, 1.165) is 0 Å². The van der Waals surface area contributed by atoms with Gasteiger partial charge in [-0.25, -0.2) is 4.57 Å². The minimum Gasteiger partial charge on any atom is -0.303 e. The number of hydrogen-bond donors (Lipinski definition) is 3. The number of hydrogen-bond acceptors (Lipinski definition) is 1. The number of aryl methyl sites for hydroxylation is 2. The van der Waals surface area contributed by atoms with Crippen LogP contribution < -0.4 is 0 Å². The average Bonchev–Trinajstić information content (AvgIpc) is 2.29. The fraction of sp³-hybridized carbons (Fsp3) is 0.143. The maximum absolute atomic E-state index is 8.88. The number of rotatable bonds is 0. The number of phosphoric acid groups is 1. The molecule has 0 saturated heterocycles. The molecule has 0 saturated carbocycles. The van der Waals surface area contributed by atoms with Crippen molar-refractivity contribution in [2.24, 2.45) is 0 Å². The van der Waals surface area contributed by atoms with Crippen molar-refractivity contribution < 1.29 is 19.2 Å². The molecule has 6 heteroatoms. The van der Waals surface area contributed by atoms with Gasteiger partial charge in [0, 0.05) is 0 Å². The van der Waals surface area contributed by atoms with E-state index in [1.165, 1.54) is 11.1 Å². The Morgan fingerprint density at radius 3 is 1.10 bits per heavy atom. The summed E-state index contributed by atoms with van der Waals surface area (Å²) in [6, 6.07) is 21.6. The van der Waals surface area contributed by atoms with Gasteiger partial charge in [-0.1, -0.05) is 13.8 Å². The van der Waals surface area contributed by atoms with Gasteiger partial charge in [-0.2, -0.15) is 71.8 Å². The van der Waals surface area contributed by atoms with Crippen molar-refractivity contribution >= 4 is 45.6 Å². The molecule has 0 spiro atoms. The van der Waals surface area contributed by atoms with E-state index in [9.17, 15) is 0 Å². The van der Waals surface area contributed by atoms with Gasteiger partial charge >= 0.3 is 45.6 Å². The van der Waals surface area contributed by atoms with Crippen LogP contribution in [0.3, 0.4) is 0 Å². The third kappa shape index (κ3) is 20.1. The Hall–Kier alpha value is -0.190. The molecule has 104 valence electrons. The molecule has 0 unspecified atom stereocenters. The van der Waals surface area contributed by atoms with Crippen LogP contribution in [0, 0.1) is 26.0 Å². The maximum atomic E-state index is 8.88. The molecule has 0 fully saturated rings. The van der Waals surface area contributed by atoms with E-state index in [-0.39, 0.29) is 37.7 Å². The molecule has 0 aliphatic rings. The number of benzene rings is 2. The Morgan fingerprint density at radius 1 is 0.800 bits per heavy atom. The molecule has 2 rings (SSSR count). The van der Waals surface area contributed by atoms with Gasteiger partial charge in [0.05, 0.1) is 0 Å². The zero-order valence-electron chi connectivity index (χ0n) is 11.5. The second-order valence-electron chi connectivity index (χ2n) is 3.67. The minimum absolute atomic E-state index is 0. The topological polar surface area (TPSA) is 77.8 Å². The molecular weight excluding hydrogens is 303 g/mol. The third-order valence-corrected chi connectivity index (χ3v) is 1.77. The van der Waals surface area contributed by atoms with Crippen LogP contribution in [0.5, 0.6) is 0 Å². The monoisotopic (exact) mass is 320 g/mol. The molecule has 2 aromatic carbocycles. The predicted molar refractivity (Wildman–Crippen MR) is 80.0 cm³/mol. The van der Waals surface area contributed by atoms with Crippen molar-refractivity contribution in [1.29, 1.82) is 0 Å². The van der Waals surface area contributed by atoms with Crippen LogP contribution in [0.4, 0.5) is 0 Å². The summed E-state index contributed by atoms with van der Waals surface area (Å²) in [6.45, 7) is 4.13. The molecular formula is C14H17CaO4P. The van der Waals surface area contributed by atoms with Gasteiger partial charge in [-0.3, -0.25) is 0 Å². The smallest absolute Gasteiger partial charge is 0.303 e. The van der Waals surface area contributed by atoms with Gasteiger partial charge in [-0.15, -0.1) is 0 Å². The van der Waals surface area contributed by atoms with E-state index < -0.39 is 7.82 Å². The molecule has 0 radical (unpaired) electrons. The Balaban J connectivity index is 0. The molecule has 0 bridgehead atoms. The summed E-state index contributed by atoms with van der Waals surface area (Å²) in [5.74, 6) is 0. The van der Waals surface area contributed by atoms with Crippen LogP contribution in [0.2, 0.25) is 0 Å². The van der Waals surface area contributed by atoms with E-state index in [1.807, 2.05) is 48.5 Å². The third-order valence-electron chi connectivity index (χ3n) is 1.77.